The average Bonchev–Trinajstić information content (AvgIpc) is 2.61. The van der Waals surface area contributed by atoms with Gasteiger partial charge in [-0.05, 0) is 29.8 Å². The molecule has 0 saturated carbocycles. The summed E-state index contributed by atoms with van der Waals surface area (Å²) < 4.78 is 9.89. The van der Waals surface area contributed by atoms with Crippen LogP contribution < -0.4 is 10.1 Å². The Morgan fingerprint density at radius 3 is 2.33 bits per heavy atom. The number of amides is 1. The first-order valence-corrected chi connectivity index (χ1v) is 7.69. The third kappa shape index (κ3) is 4.49. The topological polar surface area (TPSA) is 64.6 Å². The second kappa shape index (κ2) is 8.36. The second-order valence-electron chi connectivity index (χ2n) is 5.08. The van der Waals surface area contributed by atoms with Crippen LogP contribution in [-0.4, -0.2) is 32.1 Å². The van der Waals surface area contributed by atoms with Gasteiger partial charge in [0.2, 0.25) is 0 Å². The smallest absolute Gasteiger partial charge is 0.328 e. The molecule has 0 unspecified atom stereocenters. The fourth-order valence-electron chi connectivity index (χ4n) is 2.21. The summed E-state index contributed by atoms with van der Waals surface area (Å²) in [6, 6.07) is 13.1. The fraction of sp³-hybridized carbons (Fsp3) is 0.222. The number of nitrogens with one attached hydrogen (secondary N) is 1. The van der Waals surface area contributed by atoms with E-state index in [-0.39, 0.29) is 0 Å². The minimum atomic E-state index is -0.813. The van der Waals surface area contributed by atoms with Crippen LogP contribution in [0, 0.1) is 0 Å². The molecule has 0 bridgehead atoms. The zero-order chi connectivity index (χ0) is 17.5. The normalized spacial score (nSPS) is 11.5. The van der Waals surface area contributed by atoms with Crippen LogP contribution in [0.2, 0.25) is 5.02 Å². The number of hydrogen-bond donors (Lipinski definition) is 1. The zero-order valence-corrected chi connectivity index (χ0v) is 14.2. The molecule has 0 saturated heterocycles. The van der Waals surface area contributed by atoms with E-state index in [4.69, 9.17) is 21.1 Å². The highest BCUT2D eigenvalue weighted by molar-refractivity contribution is 6.33. The molecule has 6 heteroatoms. The van der Waals surface area contributed by atoms with Crippen LogP contribution in [0.15, 0.2) is 48.5 Å². The Labute approximate surface area is 145 Å². The lowest BCUT2D eigenvalue weighted by Gasteiger charge is -2.17. The first-order chi connectivity index (χ1) is 11.5. The van der Waals surface area contributed by atoms with Crippen molar-refractivity contribution in [1.82, 2.24) is 5.32 Å². The maximum atomic E-state index is 12.4. The highest BCUT2D eigenvalue weighted by Gasteiger charge is 2.23. The molecule has 0 aromatic heterocycles. The summed E-state index contributed by atoms with van der Waals surface area (Å²) >= 11 is 6.02. The lowest BCUT2D eigenvalue weighted by Crippen LogP contribution is -2.43. The first-order valence-electron chi connectivity index (χ1n) is 7.31. The number of hydrogen-bond acceptors (Lipinski definition) is 4. The molecule has 0 heterocycles. The third-order valence-corrected chi connectivity index (χ3v) is 3.84. The molecule has 2 aromatic rings. The van der Waals surface area contributed by atoms with Gasteiger partial charge in [-0.25, -0.2) is 4.79 Å². The predicted octanol–water partition coefficient (Wildman–Crippen LogP) is 2.86. The molecule has 5 nitrogen and oxygen atoms in total. The van der Waals surface area contributed by atoms with Gasteiger partial charge in [-0.3, -0.25) is 4.79 Å². The molecular formula is C18H18ClNO4. The largest absolute Gasteiger partial charge is 0.497 e. The molecule has 0 fully saturated rings. The molecule has 0 radical (unpaired) electrons. The molecule has 2 rings (SSSR count). The van der Waals surface area contributed by atoms with Crippen LogP contribution in [0.3, 0.4) is 0 Å². The third-order valence-electron chi connectivity index (χ3n) is 3.51. The van der Waals surface area contributed by atoms with Crippen LogP contribution in [-0.2, 0) is 16.0 Å². The molecule has 0 spiro atoms. The minimum absolute atomic E-state index is 0.298. The van der Waals surface area contributed by atoms with E-state index in [1.165, 1.54) is 7.11 Å². The average molecular weight is 348 g/mol. The fourth-order valence-corrected chi connectivity index (χ4v) is 2.44. The Bertz CT molecular complexity index is 715. The van der Waals surface area contributed by atoms with Gasteiger partial charge in [0.1, 0.15) is 11.8 Å². The molecule has 0 aliphatic heterocycles. The van der Waals surface area contributed by atoms with Crippen molar-refractivity contribution < 1.29 is 19.1 Å². The molecule has 2 aromatic carbocycles. The molecule has 0 aliphatic rings. The standard InChI is InChI=1S/C18H18ClNO4/c1-23-13-9-7-12(8-10-13)11-16(18(22)24-2)20-17(21)14-5-3-4-6-15(14)19/h3-10,16H,11H2,1-2H3,(H,20,21)/t16-/m1/s1. The number of benzene rings is 2. The van der Waals surface area contributed by atoms with E-state index in [9.17, 15) is 9.59 Å². The van der Waals surface area contributed by atoms with Crippen LogP contribution in [0.4, 0.5) is 0 Å². The van der Waals surface area contributed by atoms with Crippen molar-refractivity contribution in [3.05, 3.63) is 64.7 Å². The number of ether oxygens (including phenoxy) is 2. The maximum absolute atomic E-state index is 12.4. The van der Waals surface area contributed by atoms with E-state index >= 15 is 0 Å². The second-order valence-corrected chi connectivity index (χ2v) is 5.49. The van der Waals surface area contributed by atoms with Crippen molar-refractivity contribution >= 4 is 23.5 Å². The summed E-state index contributed by atoms with van der Waals surface area (Å²) in [5.74, 6) is -0.232. The molecule has 0 aliphatic carbocycles. The summed E-state index contributed by atoms with van der Waals surface area (Å²) in [5, 5.41) is 3.00. The molecule has 1 N–H and O–H groups in total. The van der Waals surface area contributed by atoms with E-state index in [1.807, 2.05) is 12.1 Å². The van der Waals surface area contributed by atoms with Crippen molar-refractivity contribution in [2.75, 3.05) is 14.2 Å². The summed E-state index contributed by atoms with van der Waals surface area (Å²) in [7, 11) is 2.86. The summed E-state index contributed by atoms with van der Waals surface area (Å²) in [5.41, 5.74) is 1.17. The van der Waals surface area contributed by atoms with Gasteiger partial charge in [-0.1, -0.05) is 35.9 Å². The van der Waals surface area contributed by atoms with Gasteiger partial charge < -0.3 is 14.8 Å². The highest BCUT2D eigenvalue weighted by atomic mass is 35.5. The van der Waals surface area contributed by atoms with Gasteiger partial charge in [-0.2, -0.15) is 0 Å². The zero-order valence-electron chi connectivity index (χ0n) is 13.4. The molecule has 24 heavy (non-hydrogen) atoms. The number of carbonyl (C=O) groups is 2. The minimum Gasteiger partial charge on any atom is -0.497 e. The lowest BCUT2D eigenvalue weighted by molar-refractivity contribution is -0.142. The van der Waals surface area contributed by atoms with E-state index < -0.39 is 17.9 Å². The molecule has 1 atom stereocenters. The molecular weight excluding hydrogens is 330 g/mol. The van der Waals surface area contributed by atoms with Crippen LogP contribution >= 0.6 is 11.6 Å². The maximum Gasteiger partial charge on any atom is 0.328 e. The monoisotopic (exact) mass is 347 g/mol. The Kier molecular flexibility index (Phi) is 6.21. The Hall–Kier alpha value is -2.53. The quantitative estimate of drug-likeness (QED) is 0.816. The SMILES string of the molecule is COC(=O)[C@@H](Cc1ccc(OC)cc1)NC(=O)c1ccccc1Cl. The first kappa shape index (κ1) is 17.8. The van der Waals surface area contributed by atoms with Gasteiger partial charge in [0.05, 0.1) is 24.8 Å². The van der Waals surface area contributed by atoms with Gasteiger partial charge in [0, 0.05) is 6.42 Å². The molecule has 1 amide bonds. The van der Waals surface area contributed by atoms with Crippen molar-refractivity contribution in [1.29, 1.82) is 0 Å². The Balaban J connectivity index is 2.14. The van der Waals surface area contributed by atoms with E-state index in [0.717, 1.165) is 5.56 Å². The predicted molar refractivity (Wildman–Crippen MR) is 91.4 cm³/mol. The summed E-state index contributed by atoms with van der Waals surface area (Å²) in [6.45, 7) is 0. The number of esters is 1. The number of halogens is 1. The Morgan fingerprint density at radius 2 is 1.75 bits per heavy atom. The number of methoxy groups -OCH3 is 2. The van der Waals surface area contributed by atoms with E-state index in [0.29, 0.717) is 22.8 Å². The van der Waals surface area contributed by atoms with Crippen molar-refractivity contribution in [2.24, 2.45) is 0 Å². The summed E-state index contributed by atoms with van der Waals surface area (Å²) in [6.07, 6.45) is 0.298. The van der Waals surface area contributed by atoms with Crippen molar-refractivity contribution in [2.45, 2.75) is 12.5 Å². The van der Waals surface area contributed by atoms with Gasteiger partial charge in [0.25, 0.3) is 5.91 Å². The Morgan fingerprint density at radius 1 is 1.08 bits per heavy atom. The van der Waals surface area contributed by atoms with Crippen LogP contribution in [0.5, 0.6) is 5.75 Å². The highest BCUT2D eigenvalue weighted by Crippen LogP contribution is 2.16. The van der Waals surface area contributed by atoms with Crippen molar-refractivity contribution in [3.63, 3.8) is 0 Å². The van der Waals surface area contributed by atoms with Gasteiger partial charge in [0.15, 0.2) is 0 Å². The molecule has 126 valence electrons. The van der Waals surface area contributed by atoms with Crippen LogP contribution in [0.1, 0.15) is 15.9 Å². The van der Waals surface area contributed by atoms with Crippen molar-refractivity contribution in [3.8, 4) is 5.75 Å². The lowest BCUT2D eigenvalue weighted by atomic mass is 10.1. The van der Waals surface area contributed by atoms with E-state index in [2.05, 4.69) is 5.32 Å². The number of rotatable bonds is 6. The summed E-state index contributed by atoms with van der Waals surface area (Å²) in [4.78, 5) is 24.4. The number of carbonyl (C=O) groups excluding carboxylic acids is 2. The van der Waals surface area contributed by atoms with Crippen LogP contribution in [0.25, 0.3) is 0 Å². The van der Waals surface area contributed by atoms with Gasteiger partial charge >= 0.3 is 5.97 Å². The van der Waals surface area contributed by atoms with E-state index in [1.54, 1.807) is 43.5 Å². The van der Waals surface area contributed by atoms with Gasteiger partial charge in [-0.15, -0.1) is 0 Å².